The first-order valence-electron chi connectivity index (χ1n) is 14.3. The highest BCUT2D eigenvalue weighted by Crippen LogP contribution is 2.57. The van der Waals surface area contributed by atoms with Crippen molar-refractivity contribution in [1.82, 2.24) is 5.32 Å². The number of rotatable bonds is 8. The Labute approximate surface area is 271 Å². The van der Waals surface area contributed by atoms with Gasteiger partial charge in [-0.1, -0.05) is 48.3 Å². The van der Waals surface area contributed by atoms with E-state index < -0.39 is 65.5 Å². The number of hydrogen-bond acceptors (Lipinski definition) is 6. The van der Waals surface area contributed by atoms with Crippen molar-refractivity contribution in [1.29, 1.82) is 0 Å². The Morgan fingerprint density at radius 1 is 1.11 bits per heavy atom. The summed E-state index contributed by atoms with van der Waals surface area (Å²) in [6, 6.07) is 9.86. The average Bonchev–Trinajstić information content (AvgIpc) is 3.48. The summed E-state index contributed by atoms with van der Waals surface area (Å²) in [7, 11) is 1.31. The highest BCUT2D eigenvalue weighted by atomic mass is 35.5. The topological polar surface area (TPSA) is 106 Å². The molecule has 0 saturated carbocycles. The van der Waals surface area contributed by atoms with Gasteiger partial charge in [0, 0.05) is 22.7 Å². The van der Waals surface area contributed by atoms with Crippen molar-refractivity contribution in [2.24, 2.45) is 5.92 Å². The number of esters is 1. The highest BCUT2D eigenvalue weighted by Gasteiger charge is 2.66. The minimum absolute atomic E-state index is 0.0814. The van der Waals surface area contributed by atoms with E-state index in [0.29, 0.717) is 0 Å². The molecule has 0 unspecified atom stereocenters. The van der Waals surface area contributed by atoms with Crippen LogP contribution in [0.4, 0.5) is 28.9 Å². The summed E-state index contributed by atoms with van der Waals surface area (Å²) in [6.07, 6.45) is -5.26. The van der Waals surface area contributed by atoms with Crippen LogP contribution in [0.15, 0.2) is 54.6 Å². The van der Waals surface area contributed by atoms with Crippen molar-refractivity contribution in [3.05, 3.63) is 87.2 Å². The van der Waals surface area contributed by atoms with Crippen molar-refractivity contribution < 1.29 is 41.4 Å². The Kier molecular flexibility index (Phi) is 9.27. The Bertz CT molecular complexity index is 1700. The maximum Gasteiger partial charge on any atom is 0.391 e. The zero-order chi connectivity index (χ0) is 33.6. The lowest BCUT2D eigenvalue weighted by Crippen LogP contribution is -2.49. The van der Waals surface area contributed by atoms with Gasteiger partial charge in [-0.25, -0.2) is 9.18 Å². The van der Waals surface area contributed by atoms with Crippen LogP contribution in [0.25, 0.3) is 0 Å². The number of carbonyl (C=O) groups is 3. The minimum atomic E-state index is -4.63. The van der Waals surface area contributed by atoms with E-state index >= 15 is 4.39 Å². The predicted octanol–water partition coefficient (Wildman–Crippen LogP) is 6.86. The van der Waals surface area contributed by atoms with E-state index in [1.807, 2.05) is 0 Å². The maximum atomic E-state index is 15.9. The zero-order valence-electron chi connectivity index (χ0n) is 24.7. The van der Waals surface area contributed by atoms with E-state index in [9.17, 15) is 27.6 Å². The first kappa shape index (κ1) is 33.5. The number of anilines is 2. The van der Waals surface area contributed by atoms with Gasteiger partial charge in [0.25, 0.3) is 0 Å². The number of alkyl halides is 3. The number of fused-ring (bicyclic) bond motifs is 2. The number of benzene rings is 3. The van der Waals surface area contributed by atoms with Gasteiger partial charge in [-0.15, -0.1) is 0 Å². The molecular formula is C32H29Cl2F4N3O5. The molecule has 244 valence electrons. The third-order valence-corrected chi connectivity index (χ3v) is 9.05. The van der Waals surface area contributed by atoms with E-state index in [4.69, 9.17) is 32.7 Å². The van der Waals surface area contributed by atoms with Gasteiger partial charge in [0.15, 0.2) is 0 Å². The molecule has 5 rings (SSSR count). The second kappa shape index (κ2) is 12.7. The zero-order valence-corrected chi connectivity index (χ0v) is 26.2. The Morgan fingerprint density at radius 2 is 1.85 bits per heavy atom. The summed E-state index contributed by atoms with van der Waals surface area (Å²) in [5, 5.41) is 8.32. The SMILES string of the molecule is CCOC(=O)c1ccc(NC(=O)[C@@H]2N[C@@H](C[C@H](C)C(F)(F)F)[C@@]3(C(=O)Nc4cc(Cl)ccc43)[C@H]2c2cccc(Cl)c2F)c(OC)c1. The summed E-state index contributed by atoms with van der Waals surface area (Å²) in [6.45, 7) is 2.75. The predicted molar refractivity (Wildman–Crippen MR) is 164 cm³/mol. The third-order valence-electron chi connectivity index (χ3n) is 8.52. The molecule has 2 aliphatic heterocycles. The molecule has 5 atom stereocenters. The number of ether oxygens (including phenoxy) is 2. The monoisotopic (exact) mass is 681 g/mol. The lowest BCUT2D eigenvalue weighted by molar-refractivity contribution is -0.173. The molecule has 1 fully saturated rings. The van der Waals surface area contributed by atoms with Crippen molar-refractivity contribution in [3.8, 4) is 5.75 Å². The van der Waals surface area contributed by atoms with Gasteiger partial charge in [-0.2, -0.15) is 13.2 Å². The van der Waals surface area contributed by atoms with E-state index in [0.717, 1.165) is 6.92 Å². The molecule has 14 heteroatoms. The lowest BCUT2D eigenvalue weighted by atomic mass is 9.63. The van der Waals surface area contributed by atoms with Crippen LogP contribution < -0.4 is 20.7 Å². The Morgan fingerprint density at radius 3 is 2.52 bits per heavy atom. The van der Waals surface area contributed by atoms with Crippen LogP contribution in [-0.2, 0) is 19.7 Å². The van der Waals surface area contributed by atoms with Crippen LogP contribution in [0.1, 0.15) is 47.7 Å². The van der Waals surface area contributed by atoms with Crippen LogP contribution in [0.5, 0.6) is 5.75 Å². The molecule has 0 bridgehead atoms. The molecule has 2 aliphatic rings. The Hall–Kier alpha value is -3.87. The van der Waals surface area contributed by atoms with E-state index in [-0.39, 0.29) is 50.5 Å². The van der Waals surface area contributed by atoms with Crippen molar-refractivity contribution >= 4 is 52.4 Å². The summed E-state index contributed by atoms with van der Waals surface area (Å²) < 4.78 is 68.2. The molecular weight excluding hydrogens is 653 g/mol. The van der Waals surface area contributed by atoms with Crippen LogP contribution in [0.3, 0.4) is 0 Å². The van der Waals surface area contributed by atoms with E-state index in [1.165, 1.54) is 61.7 Å². The van der Waals surface area contributed by atoms with Gasteiger partial charge in [0.05, 0.1) is 41.9 Å². The average molecular weight is 682 g/mol. The van der Waals surface area contributed by atoms with Gasteiger partial charge in [0.2, 0.25) is 11.8 Å². The van der Waals surface area contributed by atoms with Crippen LogP contribution in [0.2, 0.25) is 10.0 Å². The van der Waals surface area contributed by atoms with Crippen LogP contribution in [-0.4, -0.2) is 49.8 Å². The van der Waals surface area contributed by atoms with Crippen molar-refractivity contribution in [3.63, 3.8) is 0 Å². The minimum Gasteiger partial charge on any atom is -0.495 e. The number of amides is 2. The number of hydrogen-bond donors (Lipinski definition) is 3. The summed E-state index contributed by atoms with van der Waals surface area (Å²) in [5.41, 5.74) is -1.31. The van der Waals surface area contributed by atoms with E-state index in [1.54, 1.807) is 6.92 Å². The first-order valence-corrected chi connectivity index (χ1v) is 15.0. The smallest absolute Gasteiger partial charge is 0.391 e. The summed E-state index contributed by atoms with van der Waals surface area (Å²) in [5.74, 6) is -6.29. The molecule has 3 aromatic carbocycles. The molecule has 0 aliphatic carbocycles. The molecule has 1 spiro atoms. The second-order valence-corrected chi connectivity index (χ2v) is 12.0. The van der Waals surface area contributed by atoms with E-state index in [2.05, 4.69) is 16.0 Å². The summed E-state index contributed by atoms with van der Waals surface area (Å²) >= 11 is 12.4. The lowest BCUT2D eigenvalue weighted by Gasteiger charge is -2.36. The van der Waals surface area contributed by atoms with Gasteiger partial charge in [-0.3, -0.25) is 9.59 Å². The normalized spacial score (nSPS) is 22.7. The fourth-order valence-corrected chi connectivity index (χ4v) is 6.76. The van der Waals surface area contributed by atoms with Crippen LogP contribution in [0, 0.1) is 11.7 Å². The standard InChI is InChI=1S/C32H29Cl2F4N3O5/c1-4-46-29(43)16-8-11-21(23(13-16)45-3)39-28(42)27-25(18-6-5-7-20(34)26(18)35)31(24(41-27)12-15(2)32(36,37)38)19-10-9-17(33)14-22(19)40-30(31)44/h5-11,13-15,24-25,27,41H,4,12H2,1-3H3,(H,39,42)(H,40,44)/t15-,24-,25-,27+,31+/m0/s1. The molecule has 46 heavy (non-hydrogen) atoms. The number of methoxy groups -OCH3 is 1. The quantitative estimate of drug-likeness (QED) is 0.177. The molecule has 0 radical (unpaired) electrons. The fraction of sp³-hybridized carbons (Fsp3) is 0.344. The van der Waals surface area contributed by atoms with Gasteiger partial charge >= 0.3 is 12.1 Å². The van der Waals surface area contributed by atoms with Crippen LogP contribution >= 0.6 is 23.2 Å². The fourth-order valence-electron chi connectivity index (χ4n) is 6.41. The second-order valence-electron chi connectivity index (χ2n) is 11.1. The van der Waals surface area contributed by atoms with Crippen molar-refractivity contribution in [2.75, 3.05) is 24.4 Å². The highest BCUT2D eigenvalue weighted by molar-refractivity contribution is 6.31. The first-order chi connectivity index (χ1) is 21.7. The Balaban J connectivity index is 1.67. The largest absolute Gasteiger partial charge is 0.495 e. The summed E-state index contributed by atoms with van der Waals surface area (Å²) in [4.78, 5) is 40.6. The van der Waals surface area contributed by atoms with Gasteiger partial charge < -0.3 is 25.4 Å². The molecule has 2 amide bonds. The molecule has 2 heterocycles. The maximum absolute atomic E-state index is 15.9. The number of nitrogens with one attached hydrogen (secondary N) is 3. The molecule has 0 aromatic heterocycles. The third kappa shape index (κ3) is 5.78. The molecule has 3 aromatic rings. The van der Waals surface area contributed by atoms with Crippen molar-refractivity contribution in [2.45, 2.75) is 49.9 Å². The molecule has 8 nitrogen and oxygen atoms in total. The van der Waals surface area contributed by atoms with Gasteiger partial charge in [0.1, 0.15) is 17.0 Å². The number of halogens is 6. The number of carbonyl (C=O) groups excluding carboxylic acids is 3. The molecule has 3 N–H and O–H groups in total. The molecule has 1 saturated heterocycles. The van der Waals surface area contributed by atoms with Gasteiger partial charge in [-0.05, 0) is 60.9 Å².